The van der Waals surface area contributed by atoms with Crippen molar-refractivity contribution in [2.24, 2.45) is 0 Å². The van der Waals surface area contributed by atoms with E-state index in [-0.39, 0.29) is 5.69 Å². The molecule has 2 N–H and O–H groups in total. The molecule has 21 heavy (non-hydrogen) atoms. The fourth-order valence-corrected chi connectivity index (χ4v) is 1.48. The molecule has 1 amide bonds. The number of amides is 1. The number of alkyl halides is 3. The van der Waals surface area contributed by atoms with E-state index in [1.54, 1.807) is 0 Å². The van der Waals surface area contributed by atoms with Crippen molar-refractivity contribution in [1.29, 1.82) is 0 Å². The largest absolute Gasteiger partial charge is 0.405 e. The van der Waals surface area contributed by atoms with Crippen LogP contribution in [0.25, 0.3) is 0 Å². The van der Waals surface area contributed by atoms with Gasteiger partial charge in [0.05, 0.1) is 16.8 Å². The first-order valence-corrected chi connectivity index (χ1v) is 5.95. The molecule has 114 valence electrons. The van der Waals surface area contributed by atoms with Crippen LogP contribution in [0.2, 0.25) is 0 Å². The van der Waals surface area contributed by atoms with E-state index >= 15 is 0 Å². The lowest BCUT2D eigenvalue weighted by Crippen LogP contribution is -2.42. The van der Waals surface area contributed by atoms with Gasteiger partial charge in [-0.1, -0.05) is 12.0 Å². The van der Waals surface area contributed by atoms with Gasteiger partial charge in [-0.2, -0.15) is 13.2 Å². The Hall–Kier alpha value is -2.23. The third kappa shape index (κ3) is 4.99. The molecular formula is C14H14F4N2O. The highest BCUT2D eigenvalue weighted by atomic mass is 19.4. The second-order valence-corrected chi connectivity index (χ2v) is 4.85. The molecule has 0 atom stereocenters. The van der Waals surface area contributed by atoms with Crippen LogP contribution in [-0.2, 0) is 0 Å². The van der Waals surface area contributed by atoms with E-state index < -0.39 is 35.5 Å². The second kappa shape index (κ2) is 6.04. The minimum atomic E-state index is -4.49. The summed E-state index contributed by atoms with van der Waals surface area (Å²) in [6.07, 6.45) is 0.714. The molecule has 0 aliphatic rings. The number of carbonyl (C=O) groups excluding carboxylic acids is 1. The number of terminal acetylenes is 1. The first kappa shape index (κ1) is 16.8. The average Bonchev–Trinajstić information content (AvgIpc) is 2.34. The van der Waals surface area contributed by atoms with Gasteiger partial charge in [0.1, 0.15) is 12.4 Å². The first-order chi connectivity index (χ1) is 9.56. The first-order valence-electron chi connectivity index (χ1n) is 5.95. The summed E-state index contributed by atoms with van der Waals surface area (Å²) in [5, 5.41) is 4.37. The summed E-state index contributed by atoms with van der Waals surface area (Å²) in [5.41, 5.74) is -1.82. The van der Waals surface area contributed by atoms with Crippen LogP contribution in [0.3, 0.4) is 0 Å². The Morgan fingerprint density at radius 2 is 1.95 bits per heavy atom. The minimum absolute atomic E-state index is 0.252. The molecule has 0 aliphatic heterocycles. The van der Waals surface area contributed by atoms with Crippen LogP contribution < -0.4 is 10.6 Å². The summed E-state index contributed by atoms with van der Waals surface area (Å²) in [5.74, 6) is 0.457. The molecule has 7 heteroatoms. The number of carbonyl (C=O) groups is 1. The van der Waals surface area contributed by atoms with Crippen LogP contribution in [0.4, 0.5) is 23.2 Å². The Morgan fingerprint density at radius 3 is 2.48 bits per heavy atom. The van der Waals surface area contributed by atoms with Crippen molar-refractivity contribution in [1.82, 2.24) is 5.32 Å². The zero-order chi connectivity index (χ0) is 16.3. The fourth-order valence-electron chi connectivity index (χ4n) is 1.48. The standard InChI is InChI=1S/C14H14F4N2O/c1-4-13(2,3)20-12(21)11-9(15)6-5-7-10(11)19-8-14(16,17)18/h1,5-7,19H,8H2,2-3H3,(H,20,21). The third-order valence-corrected chi connectivity index (χ3v) is 2.51. The van der Waals surface area contributed by atoms with Crippen molar-refractivity contribution in [3.8, 4) is 12.3 Å². The maximum absolute atomic E-state index is 13.8. The summed E-state index contributed by atoms with van der Waals surface area (Å²) in [6, 6.07) is 3.38. The Balaban J connectivity index is 3.06. The van der Waals surface area contributed by atoms with Crippen molar-refractivity contribution in [2.75, 3.05) is 11.9 Å². The molecule has 0 saturated heterocycles. The summed E-state index contributed by atoms with van der Waals surface area (Å²) < 4.78 is 50.4. The lowest BCUT2D eigenvalue weighted by Gasteiger charge is -2.21. The minimum Gasteiger partial charge on any atom is -0.376 e. The summed E-state index contributed by atoms with van der Waals surface area (Å²) in [6.45, 7) is 1.64. The van der Waals surface area contributed by atoms with Crippen molar-refractivity contribution < 1.29 is 22.4 Å². The van der Waals surface area contributed by atoms with Gasteiger partial charge in [-0.25, -0.2) is 4.39 Å². The van der Waals surface area contributed by atoms with Gasteiger partial charge in [0.15, 0.2) is 0 Å². The van der Waals surface area contributed by atoms with E-state index in [9.17, 15) is 22.4 Å². The normalized spacial score (nSPS) is 11.7. The predicted molar refractivity (Wildman–Crippen MR) is 71.3 cm³/mol. The maximum atomic E-state index is 13.8. The maximum Gasteiger partial charge on any atom is 0.405 e. The molecule has 0 aliphatic carbocycles. The highest BCUT2D eigenvalue weighted by Crippen LogP contribution is 2.22. The SMILES string of the molecule is C#CC(C)(C)NC(=O)c1c(F)cccc1NCC(F)(F)F. The Labute approximate surface area is 119 Å². The number of rotatable bonds is 4. The van der Waals surface area contributed by atoms with Gasteiger partial charge in [-0.3, -0.25) is 4.79 Å². The molecule has 0 saturated carbocycles. The molecule has 0 heterocycles. The quantitative estimate of drug-likeness (QED) is 0.663. The fraction of sp³-hybridized carbons (Fsp3) is 0.357. The molecule has 0 fully saturated rings. The summed E-state index contributed by atoms with van der Waals surface area (Å²) >= 11 is 0. The van der Waals surface area contributed by atoms with Gasteiger partial charge in [0.2, 0.25) is 0 Å². The van der Waals surface area contributed by atoms with Gasteiger partial charge >= 0.3 is 6.18 Å². The van der Waals surface area contributed by atoms with E-state index in [2.05, 4.69) is 11.2 Å². The van der Waals surface area contributed by atoms with E-state index in [0.29, 0.717) is 0 Å². The number of anilines is 1. The van der Waals surface area contributed by atoms with Crippen molar-refractivity contribution >= 4 is 11.6 Å². The lowest BCUT2D eigenvalue weighted by atomic mass is 10.0. The van der Waals surface area contributed by atoms with E-state index in [1.165, 1.54) is 26.0 Å². The summed E-state index contributed by atoms with van der Waals surface area (Å²) in [4.78, 5) is 12.0. The van der Waals surface area contributed by atoms with Gasteiger partial charge < -0.3 is 10.6 Å². The molecule has 0 aromatic heterocycles. The van der Waals surface area contributed by atoms with Crippen LogP contribution in [-0.4, -0.2) is 24.2 Å². The monoisotopic (exact) mass is 302 g/mol. The highest BCUT2D eigenvalue weighted by molar-refractivity contribution is 6.00. The zero-order valence-corrected chi connectivity index (χ0v) is 11.4. The predicted octanol–water partition coefficient (Wildman–Crippen LogP) is 2.94. The molecule has 1 aromatic carbocycles. The van der Waals surface area contributed by atoms with Gasteiger partial charge in [0.25, 0.3) is 5.91 Å². The molecule has 1 aromatic rings. The van der Waals surface area contributed by atoms with Gasteiger partial charge in [-0.05, 0) is 26.0 Å². The molecular weight excluding hydrogens is 288 g/mol. The number of halogens is 4. The zero-order valence-electron chi connectivity index (χ0n) is 11.4. The number of hydrogen-bond acceptors (Lipinski definition) is 2. The van der Waals surface area contributed by atoms with E-state index in [4.69, 9.17) is 6.42 Å². The van der Waals surface area contributed by atoms with Gasteiger partial charge in [-0.15, -0.1) is 6.42 Å². The third-order valence-electron chi connectivity index (χ3n) is 2.51. The smallest absolute Gasteiger partial charge is 0.376 e. The van der Waals surface area contributed by atoms with Crippen LogP contribution in [0, 0.1) is 18.2 Å². The number of nitrogens with one attached hydrogen (secondary N) is 2. The Bertz CT molecular complexity index is 573. The van der Waals surface area contributed by atoms with Crippen molar-refractivity contribution in [3.63, 3.8) is 0 Å². The summed E-state index contributed by atoms with van der Waals surface area (Å²) in [7, 11) is 0. The highest BCUT2D eigenvalue weighted by Gasteiger charge is 2.28. The van der Waals surface area contributed by atoms with Gasteiger partial charge in [0, 0.05) is 0 Å². The average molecular weight is 302 g/mol. The molecule has 0 radical (unpaired) electrons. The molecule has 0 spiro atoms. The van der Waals surface area contributed by atoms with E-state index in [1.807, 2.05) is 5.32 Å². The Kier molecular flexibility index (Phi) is 4.84. The van der Waals surface area contributed by atoms with E-state index in [0.717, 1.165) is 6.07 Å². The molecule has 0 unspecified atom stereocenters. The second-order valence-electron chi connectivity index (χ2n) is 4.85. The van der Waals surface area contributed by atoms with Crippen LogP contribution >= 0.6 is 0 Å². The topological polar surface area (TPSA) is 41.1 Å². The number of benzene rings is 1. The van der Waals surface area contributed by atoms with Crippen LogP contribution in [0.5, 0.6) is 0 Å². The molecule has 0 bridgehead atoms. The van der Waals surface area contributed by atoms with Crippen LogP contribution in [0.15, 0.2) is 18.2 Å². The molecule has 1 rings (SSSR count). The number of hydrogen-bond donors (Lipinski definition) is 2. The van der Waals surface area contributed by atoms with Crippen LogP contribution in [0.1, 0.15) is 24.2 Å². The lowest BCUT2D eigenvalue weighted by molar-refractivity contribution is -0.115. The van der Waals surface area contributed by atoms with Crippen molar-refractivity contribution in [2.45, 2.75) is 25.6 Å². The Morgan fingerprint density at radius 1 is 1.33 bits per heavy atom. The van der Waals surface area contributed by atoms with Crippen molar-refractivity contribution in [3.05, 3.63) is 29.6 Å². The molecule has 3 nitrogen and oxygen atoms in total.